The molecule has 146 valence electrons. The summed E-state index contributed by atoms with van der Waals surface area (Å²) in [6.07, 6.45) is 2.49. The summed E-state index contributed by atoms with van der Waals surface area (Å²) in [4.78, 5) is 19.5. The molecule has 1 aliphatic rings. The molecular weight excluding hydrogens is 358 g/mol. The minimum absolute atomic E-state index is 0.00159. The van der Waals surface area contributed by atoms with Crippen molar-refractivity contribution in [3.05, 3.63) is 47.9 Å². The summed E-state index contributed by atoms with van der Waals surface area (Å²) in [7, 11) is 3.30. The van der Waals surface area contributed by atoms with Gasteiger partial charge in [-0.2, -0.15) is 0 Å². The van der Waals surface area contributed by atoms with Crippen molar-refractivity contribution in [2.45, 2.75) is 25.5 Å². The third kappa shape index (κ3) is 3.14. The summed E-state index contributed by atoms with van der Waals surface area (Å²) in [5.74, 6) is -0.154. The van der Waals surface area contributed by atoms with Crippen LogP contribution in [0.2, 0.25) is 0 Å². The second-order valence-electron chi connectivity index (χ2n) is 6.95. The topological polar surface area (TPSA) is 82.4 Å². The number of likely N-dealkylation sites (tertiary alicyclic amines) is 1. The normalized spacial score (nSPS) is 19.5. The molecule has 1 aromatic carbocycles. The molecule has 2 atom stereocenters. The Bertz CT molecular complexity index is 997. The van der Waals surface area contributed by atoms with Crippen molar-refractivity contribution in [1.82, 2.24) is 24.9 Å². The second kappa shape index (κ2) is 7.65. The highest BCUT2D eigenvalue weighted by molar-refractivity contribution is 5.94. The number of carbonyl (C=O) groups is 1. The SMILES string of the molecule is COC[C@@H]1C[C@H](OC)CN1C(=O)c1nnn(-c2cccc3cccnc23)c1C. The van der Waals surface area contributed by atoms with Gasteiger partial charge < -0.3 is 14.4 Å². The number of pyridine rings is 1. The highest BCUT2D eigenvalue weighted by Crippen LogP contribution is 2.25. The predicted octanol–water partition coefficient (Wildman–Crippen LogP) is 2.00. The van der Waals surface area contributed by atoms with Crippen molar-refractivity contribution in [1.29, 1.82) is 0 Å². The third-order valence-corrected chi connectivity index (χ3v) is 5.27. The number of methoxy groups -OCH3 is 2. The molecule has 0 N–H and O–H groups in total. The molecule has 3 aromatic rings. The van der Waals surface area contributed by atoms with Crippen LogP contribution in [0.3, 0.4) is 0 Å². The van der Waals surface area contributed by atoms with Crippen LogP contribution in [0.15, 0.2) is 36.5 Å². The van der Waals surface area contributed by atoms with E-state index in [1.54, 1.807) is 30.0 Å². The van der Waals surface area contributed by atoms with Crippen LogP contribution in [0.5, 0.6) is 0 Å². The minimum Gasteiger partial charge on any atom is -0.383 e. The second-order valence-corrected chi connectivity index (χ2v) is 6.95. The number of amides is 1. The first-order valence-corrected chi connectivity index (χ1v) is 9.23. The zero-order valence-corrected chi connectivity index (χ0v) is 16.2. The Morgan fingerprint density at radius 1 is 1.25 bits per heavy atom. The molecule has 1 saturated heterocycles. The molecule has 0 unspecified atom stereocenters. The number of aromatic nitrogens is 4. The maximum Gasteiger partial charge on any atom is 0.276 e. The van der Waals surface area contributed by atoms with Gasteiger partial charge in [0.2, 0.25) is 0 Å². The van der Waals surface area contributed by atoms with Gasteiger partial charge in [-0.05, 0) is 25.5 Å². The molecule has 1 aliphatic heterocycles. The van der Waals surface area contributed by atoms with Crippen LogP contribution < -0.4 is 0 Å². The van der Waals surface area contributed by atoms with Gasteiger partial charge in [-0.1, -0.05) is 23.4 Å². The molecule has 2 aromatic heterocycles. The molecule has 3 heterocycles. The lowest BCUT2D eigenvalue weighted by atomic mass is 10.2. The van der Waals surface area contributed by atoms with Gasteiger partial charge in [-0.25, -0.2) is 4.68 Å². The lowest BCUT2D eigenvalue weighted by molar-refractivity contribution is 0.0606. The smallest absolute Gasteiger partial charge is 0.276 e. The fraction of sp³-hybridized carbons (Fsp3) is 0.400. The van der Waals surface area contributed by atoms with E-state index in [9.17, 15) is 4.79 Å². The monoisotopic (exact) mass is 381 g/mol. The van der Waals surface area contributed by atoms with E-state index in [0.29, 0.717) is 24.5 Å². The molecule has 0 saturated carbocycles. The van der Waals surface area contributed by atoms with E-state index in [2.05, 4.69) is 15.3 Å². The van der Waals surface area contributed by atoms with Crippen molar-refractivity contribution in [3.63, 3.8) is 0 Å². The van der Waals surface area contributed by atoms with Gasteiger partial charge in [0, 0.05) is 32.3 Å². The quantitative estimate of drug-likeness (QED) is 0.672. The first-order chi connectivity index (χ1) is 13.6. The number of fused-ring (bicyclic) bond motifs is 1. The van der Waals surface area contributed by atoms with Crippen LogP contribution in [0.1, 0.15) is 22.6 Å². The summed E-state index contributed by atoms with van der Waals surface area (Å²) in [6, 6.07) is 9.72. The van der Waals surface area contributed by atoms with E-state index in [0.717, 1.165) is 23.0 Å². The van der Waals surface area contributed by atoms with E-state index in [-0.39, 0.29) is 18.1 Å². The Morgan fingerprint density at radius 3 is 2.86 bits per heavy atom. The summed E-state index contributed by atoms with van der Waals surface area (Å²) in [5, 5.41) is 9.46. The standard InChI is InChI=1S/C20H23N5O3/c1-13-18(20(26)24-11-16(28-3)10-15(24)12-27-2)22-23-25(13)17-8-4-6-14-7-5-9-21-19(14)17/h4-9,15-16H,10-12H2,1-3H3/t15-,16-/m0/s1. The molecule has 0 bridgehead atoms. The lowest BCUT2D eigenvalue weighted by Gasteiger charge is -2.23. The average Bonchev–Trinajstić information content (AvgIpc) is 3.31. The molecule has 8 heteroatoms. The summed E-state index contributed by atoms with van der Waals surface area (Å²) in [6.45, 7) is 2.84. The summed E-state index contributed by atoms with van der Waals surface area (Å²) in [5.41, 5.74) is 2.63. The van der Waals surface area contributed by atoms with Gasteiger partial charge in [0.15, 0.2) is 5.69 Å². The number of ether oxygens (including phenoxy) is 2. The Balaban J connectivity index is 1.69. The maximum atomic E-state index is 13.2. The van der Waals surface area contributed by atoms with Gasteiger partial charge >= 0.3 is 0 Å². The van der Waals surface area contributed by atoms with E-state index in [1.165, 1.54) is 0 Å². The highest BCUT2D eigenvalue weighted by Gasteiger charge is 2.37. The van der Waals surface area contributed by atoms with Crippen LogP contribution in [0.4, 0.5) is 0 Å². The highest BCUT2D eigenvalue weighted by atomic mass is 16.5. The van der Waals surface area contributed by atoms with E-state index >= 15 is 0 Å². The van der Waals surface area contributed by atoms with Crippen molar-refractivity contribution in [2.75, 3.05) is 27.4 Å². The number of para-hydroxylation sites is 1. The number of hydrogen-bond donors (Lipinski definition) is 0. The zero-order valence-electron chi connectivity index (χ0n) is 16.2. The maximum absolute atomic E-state index is 13.2. The molecule has 8 nitrogen and oxygen atoms in total. The number of benzene rings is 1. The Kier molecular flexibility index (Phi) is 5.06. The van der Waals surface area contributed by atoms with Gasteiger partial charge in [-0.3, -0.25) is 9.78 Å². The first-order valence-electron chi connectivity index (χ1n) is 9.23. The molecule has 4 rings (SSSR count). The minimum atomic E-state index is -0.154. The summed E-state index contributed by atoms with van der Waals surface area (Å²) >= 11 is 0. The van der Waals surface area contributed by atoms with Crippen molar-refractivity contribution in [2.24, 2.45) is 0 Å². The summed E-state index contributed by atoms with van der Waals surface area (Å²) < 4.78 is 12.4. The number of rotatable bonds is 5. The van der Waals surface area contributed by atoms with E-state index in [1.807, 2.05) is 37.3 Å². The van der Waals surface area contributed by atoms with Crippen molar-refractivity contribution in [3.8, 4) is 5.69 Å². The fourth-order valence-corrected chi connectivity index (χ4v) is 3.79. The number of nitrogens with zero attached hydrogens (tertiary/aromatic N) is 5. The van der Waals surface area contributed by atoms with Crippen LogP contribution >= 0.6 is 0 Å². The predicted molar refractivity (Wildman–Crippen MR) is 104 cm³/mol. The van der Waals surface area contributed by atoms with E-state index < -0.39 is 0 Å². The Morgan fingerprint density at radius 2 is 2.07 bits per heavy atom. The van der Waals surface area contributed by atoms with Crippen LogP contribution in [-0.4, -0.2) is 70.3 Å². The average molecular weight is 381 g/mol. The number of hydrogen-bond acceptors (Lipinski definition) is 6. The van der Waals surface area contributed by atoms with Gasteiger partial charge in [0.25, 0.3) is 5.91 Å². The fourth-order valence-electron chi connectivity index (χ4n) is 3.79. The lowest BCUT2D eigenvalue weighted by Crippen LogP contribution is -2.39. The van der Waals surface area contributed by atoms with Gasteiger partial charge in [-0.15, -0.1) is 5.10 Å². The first kappa shape index (κ1) is 18.5. The zero-order chi connectivity index (χ0) is 19.7. The van der Waals surface area contributed by atoms with E-state index in [4.69, 9.17) is 9.47 Å². The van der Waals surface area contributed by atoms with Crippen LogP contribution in [-0.2, 0) is 9.47 Å². The van der Waals surface area contributed by atoms with Crippen molar-refractivity contribution < 1.29 is 14.3 Å². The number of carbonyl (C=O) groups excluding carboxylic acids is 1. The molecule has 0 spiro atoms. The van der Waals surface area contributed by atoms with Gasteiger partial charge in [0.1, 0.15) is 0 Å². The molecule has 0 aliphatic carbocycles. The Labute approximate surface area is 163 Å². The third-order valence-electron chi connectivity index (χ3n) is 5.27. The molecule has 28 heavy (non-hydrogen) atoms. The largest absolute Gasteiger partial charge is 0.383 e. The van der Waals surface area contributed by atoms with Crippen LogP contribution in [0, 0.1) is 6.92 Å². The van der Waals surface area contributed by atoms with Crippen molar-refractivity contribution >= 4 is 16.8 Å². The molecular formula is C20H23N5O3. The van der Waals surface area contributed by atoms with Crippen LogP contribution in [0.25, 0.3) is 16.6 Å². The van der Waals surface area contributed by atoms with Gasteiger partial charge in [0.05, 0.1) is 35.7 Å². The molecule has 1 amide bonds. The molecule has 0 radical (unpaired) electrons. The molecule has 1 fully saturated rings. The Hall–Kier alpha value is -2.84.